The Bertz CT molecular complexity index is 483. The summed E-state index contributed by atoms with van der Waals surface area (Å²) in [6, 6.07) is 6.18. The second-order valence-corrected chi connectivity index (χ2v) is 6.67. The standard InChI is InChI=1S/C15H21BrN2S/c1-3-15(4-2)8-9-18(10-15)12-7-5-6-11(16)13(12)14(17)19/h5-7H,3-4,8-10H2,1-2H3,(H2,17,19). The summed E-state index contributed by atoms with van der Waals surface area (Å²) in [6.07, 6.45) is 3.72. The van der Waals surface area contributed by atoms with Crippen LogP contribution >= 0.6 is 28.1 Å². The van der Waals surface area contributed by atoms with E-state index in [0.29, 0.717) is 10.4 Å². The first-order valence-corrected chi connectivity index (χ1v) is 8.06. The molecule has 1 aliphatic rings. The van der Waals surface area contributed by atoms with E-state index in [2.05, 4.69) is 46.8 Å². The molecule has 1 aromatic carbocycles. The summed E-state index contributed by atoms with van der Waals surface area (Å²) in [5, 5.41) is 0. The summed E-state index contributed by atoms with van der Waals surface area (Å²) in [5.74, 6) is 0. The van der Waals surface area contributed by atoms with Gasteiger partial charge in [0, 0.05) is 28.8 Å². The van der Waals surface area contributed by atoms with E-state index in [9.17, 15) is 0 Å². The van der Waals surface area contributed by atoms with Crippen LogP contribution in [0.25, 0.3) is 0 Å². The fraction of sp³-hybridized carbons (Fsp3) is 0.533. The van der Waals surface area contributed by atoms with Gasteiger partial charge in [0.1, 0.15) is 4.99 Å². The van der Waals surface area contributed by atoms with Crippen molar-refractivity contribution >= 4 is 38.8 Å². The summed E-state index contributed by atoms with van der Waals surface area (Å²) in [7, 11) is 0. The molecular weight excluding hydrogens is 320 g/mol. The molecule has 2 rings (SSSR count). The van der Waals surface area contributed by atoms with Crippen LogP contribution in [0.4, 0.5) is 5.69 Å². The molecule has 104 valence electrons. The van der Waals surface area contributed by atoms with Gasteiger partial charge in [-0.1, -0.05) is 32.1 Å². The molecule has 0 saturated carbocycles. The van der Waals surface area contributed by atoms with E-state index in [1.54, 1.807) is 0 Å². The smallest absolute Gasteiger partial charge is 0.107 e. The molecule has 0 spiro atoms. The summed E-state index contributed by atoms with van der Waals surface area (Å²) in [5.41, 5.74) is 8.49. The molecule has 0 bridgehead atoms. The van der Waals surface area contributed by atoms with E-state index in [0.717, 1.165) is 23.1 Å². The minimum absolute atomic E-state index is 0.454. The fourth-order valence-corrected chi connectivity index (χ4v) is 3.90. The average molecular weight is 341 g/mol. The maximum atomic E-state index is 5.89. The van der Waals surface area contributed by atoms with Crippen LogP contribution in [0, 0.1) is 5.41 Å². The number of hydrogen-bond acceptors (Lipinski definition) is 2. The lowest BCUT2D eigenvalue weighted by Gasteiger charge is -2.28. The minimum atomic E-state index is 0.454. The second kappa shape index (κ2) is 5.80. The van der Waals surface area contributed by atoms with Crippen molar-refractivity contribution < 1.29 is 0 Å². The van der Waals surface area contributed by atoms with Gasteiger partial charge in [-0.3, -0.25) is 0 Å². The van der Waals surface area contributed by atoms with Crippen LogP contribution in [0.5, 0.6) is 0 Å². The van der Waals surface area contributed by atoms with Gasteiger partial charge in [-0.15, -0.1) is 0 Å². The topological polar surface area (TPSA) is 29.3 Å². The highest BCUT2D eigenvalue weighted by Gasteiger charge is 2.35. The SMILES string of the molecule is CCC1(CC)CCN(c2cccc(Br)c2C(N)=S)C1. The summed E-state index contributed by atoms with van der Waals surface area (Å²) in [4.78, 5) is 2.90. The minimum Gasteiger partial charge on any atom is -0.389 e. The molecule has 2 N–H and O–H groups in total. The zero-order valence-corrected chi connectivity index (χ0v) is 14.0. The Morgan fingerprint density at radius 3 is 2.63 bits per heavy atom. The third kappa shape index (κ3) is 2.79. The Morgan fingerprint density at radius 1 is 1.42 bits per heavy atom. The molecule has 1 aliphatic heterocycles. The molecule has 19 heavy (non-hydrogen) atoms. The molecule has 1 heterocycles. The predicted molar refractivity (Wildman–Crippen MR) is 89.9 cm³/mol. The Balaban J connectivity index is 2.34. The van der Waals surface area contributed by atoms with Crippen molar-refractivity contribution in [1.29, 1.82) is 0 Å². The first kappa shape index (κ1) is 14.8. The number of nitrogens with zero attached hydrogens (tertiary/aromatic N) is 1. The number of rotatable bonds is 4. The molecule has 0 radical (unpaired) electrons. The highest BCUT2D eigenvalue weighted by atomic mass is 79.9. The average Bonchev–Trinajstić information content (AvgIpc) is 2.83. The first-order valence-electron chi connectivity index (χ1n) is 6.86. The summed E-state index contributed by atoms with van der Waals surface area (Å²) < 4.78 is 0.989. The van der Waals surface area contributed by atoms with Crippen LogP contribution in [0.3, 0.4) is 0 Å². The molecule has 0 aromatic heterocycles. The molecule has 2 nitrogen and oxygen atoms in total. The van der Waals surface area contributed by atoms with Crippen molar-refractivity contribution in [3.8, 4) is 0 Å². The fourth-order valence-electron chi connectivity index (χ4n) is 2.99. The summed E-state index contributed by atoms with van der Waals surface area (Å²) >= 11 is 8.77. The van der Waals surface area contributed by atoms with E-state index >= 15 is 0 Å². The van der Waals surface area contributed by atoms with Gasteiger partial charge in [0.05, 0.1) is 0 Å². The van der Waals surface area contributed by atoms with Gasteiger partial charge in [-0.2, -0.15) is 0 Å². The Kier molecular flexibility index (Phi) is 4.51. The van der Waals surface area contributed by atoms with E-state index in [1.165, 1.54) is 24.9 Å². The maximum absolute atomic E-state index is 5.89. The van der Waals surface area contributed by atoms with Gasteiger partial charge in [-0.25, -0.2) is 0 Å². The van der Waals surface area contributed by atoms with Gasteiger partial charge in [-0.05, 0) is 52.7 Å². The number of hydrogen-bond donors (Lipinski definition) is 1. The maximum Gasteiger partial charge on any atom is 0.107 e. The lowest BCUT2D eigenvalue weighted by Crippen LogP contribution is -2.28. The Morgan fingerprint density at radius 2 is 2.11 bits per heavy atom. The predicted octanol–water partition coefficient (Wildman–Crippen LogP) is 4.10. The third-order valence-electron chi connectivity index (χ3n) is 4.52. The van der Waals surface area contributed by atoms with Crippen molar-refractivity contribution in [1.82, 2.24) is 0 Å². The zero-order chi connectivity index (χ0) is 14.0. The van der Waals surface area contributed by atoms with Gasteiger partial charge in [0.25, 0.3) is 0 Å². The molecule has 0 aliphatic carbocycles. The quantitative estimate of drug-likeness (QED) is 0.836. The van der Waals surface area contributed by atoms with Gasteiger partial charge in [0.15, 0.2) is 0 Å². The number of anilines is 1. The highest BCUT2D eigenvalue weighted by molar-refractivity contribution is 9.10. The first-order chi connectivity index (χ1) is 9.03. The van der Waals surface area contributed by atoms with Crippen molar-refractivity contribution in [2.75, 3.05) is 18.0 Å². The Labute approximate surface area is 129 Å². The number of halogens is 1. The van der Waals surface area contributed by atoms with Crippen LogP contribution in [0.1, 0.15) is 38.7 Å². The van der Waals surface area contributed by atoms with Crippen LogP contribution in [0.15, 0.2) is 22.7 Å². The van der Waals surface area contributed by atoms with E-state index in [1.807, 2.05) is 6.07 Å². The van der Waals surface area contributed by atoms with Crippen LogP contribution in [-0.2, 0) is 0 Å². The lowest BCUT2D eigenvalue weighted by molar-refractivity contribution is 0.301. The van der Waals surface area contributed by atoms with Crippen LogP contribution in [-0.4, -0.2) is 18.1 Å². The largest absolute Gasteiger partial charge is 0.389 e. The summed E-state index contributed by atoms with van der Waals surface area (Å²) in [6.45, 7) is 6.78. The molecule has 1 fully saturated rings. The van der Waals surface area contributed by atoms with Crippen molar-refractivity contribution in [3.05, 3.63) is 28.2 Å². The lowest BCUT2D eigenvalue weighted by atomic mass is 9.82. The van der Waals surface area contributed by atoms with Crippen molar-refractivity contribution in [2.45, 2.75) is 33.1 Å². The van der Waals surface area contributed by atoms with Crippen LogP contribution < -0.4 is 10.6 Å². The molecule has 0 amide bonds. The molecular formula is C15H21BrN2S. The monoisotopic (exact) mass is 340 g/mol. The molecule has 0 atom stereocenters. The Hall–Kier alpha value is -0.610. The second-order valence-electron chi connectivity index (χ2n) is 5.38. The van der Waals surface area contributed by atoms with E-state index in [-0.39, 0.29) is 0 Å². The van der Waals surface area contributed by atoms with Crippen molar-refractivity contribution in [2.24, 2.45) is 11.1 Å². The third-order valence-corrected chi connectivity index (χ3v) is 5.38. The highest BCUT2D eigenvalue weighted by Crippen LogP contribution is 2.40. The zero-order valence-electron chi connectivity index (χ0n) is 11.6. The molecule has 0 unspecified atom stereocenters. The van der Waals surface area contributed by atoms with Gasteiger partial charge >= 0.3 is 0 Å². The number of benzene rings is 1. The van der Waals surface area contributed by atoms with Gasteiger partial charge in [0.2, 0.25) is 0 Å². The van der Waals surface area contributed by atoms with E-state index in [4.69, 9.17) is 18.0 Å². The molecule has 1 saturated heterocycles. The van der Waals surface area contributed by atoms with Crippen LogP contribution in [0.2, 0.25) is 0 Å². The van der Waals surface area contributed by atoms with Gasteiger partial charge < -0.3 is 10.6 Å². The van der Waals surface area contributed by atoms with Crippen molar-refractivity contribution in [3.63, 3.8) is 0 Å². The number of thiocarbonyl (C=S) groups is 1. The molecule has 4 heteroatoms. The normalized spacial score (nSPS) is 17.7. The molecule has 1 aromatic rings. The van der Waals surface area contributed by atoms with E-state index < -0.39 is 0 Å². The number of nitrogens with two attached hydrogens (primary N) is 1.